The highest BCUT2D eigenvalue weighted by molar-refractivity contribution is 6.22. The van der Waals surface area contributed by atoms with E-state index in [4.69, 9.17) is 21.6 Å². The zero-order valence-electron chi connectivity index (χ0n) is 15.8. The average Bonchev–Trinajstić information content (AvgIpc) is 2.72. The summed E-state index contributed by atoms with van der Waals surface area (Å²) in [5, 5.41) is 13.2. The molecule has 2 aliphatic heterocycles. The van der Waals surface area contributed by atoms with E-state index in [9.17, 15) is 0 Å². The molecule has 27 heavy (non-hydrogen) atoms. The average molecular weight is 389 g/mol. The first-order valence-corrected chi connectivity index (χ1v) is 9.44. The third-order valence-electron chi connectivity index (χ3n) is 4.93. The summed E-state index contributed by atoms with van der Waals surface area (Å²) in [5.41, 5.74) is 1.41. The van der Waals surface area contributed by atoms with E-state index in [-0.39, 0.29) is 5.50 Å². The zero-order valence-corrected chi connectivity index (χ0v) is 16.5. The molecule has 3 rings (SSSR count). The van der Waals surface area contributed by atoms with Crippen LogP contribution in [0.15, 0.2) is 41.2 Å². The zero-order chi connectivity index (χ0) is 19.2. The lowest BCUT2D eigenvalue weighted by Crippen LogP contribution is -2.56. The molecule has 0 N–H and O–H groups in total. The van der Waals surface area contributed by atoms with Gasteiger partial charge in [0.15, 0.2) is 11.3 Å². The molecule has 0 aromatic heterocycles. The molecule has 1 saturated heterocycles. The third kappa shape index (κ3) is 4.72. The van der Waals surface area contributed by atoms with E-state index in [0.29, 0.717) is 11.3 Å². The Morgan fingerprint density at radius 2 is 2.11 bits per heavy atom. The van der Waals surface area contributed by atoms with Gasteiger partial charge in [-0.25, -0.2) is 10.0 Å². The van der Waals surface area contributed by atoms with E-state index < -0.39 is 0 Å². The van der Waals surface area contributed by atoms with Crippen LogP contribution in [0.25, 0.3) is 0 Å². The van der Waals surface area contributed by atoms with Crippen LogP contribution in [0.2, 0.25) is 0 Å². The van der Waals surface area contributed by atoms with Gasteiger partial charge in [-0.1, -0.05) is 17.7 Å². The summed E-state index contributed by atoms with van der Waals surface area (Å²) in [6, 6.07) is 9.91. The van der Waals surface area contributed by atoms with E-state index in [1.807, 2.05) is 29.3 Å². The molecule has 1 aromatic carbocycles. The van der Waals surface area contributed by atoms with Gasteiger partial charge < -0.3 is 9.64 Å². The van der Waals surface area contributed by atoms with Crippen LogP contribution < -0.4 is 4.90 Å². The molecule has 2 heterocycles. The first-order chi connectivity index (χ1) is 13.1. The number of nitriles is 1. The lowest BCUT2D eigenvalue weighted by atomic mass is 10.2. The number of ether oxygens (including phenoxy) is 1. The van der Waals surface area contributed by atoms with Gasteiger partial charge in [0.2, 0.25) is 0 Å². The van der Waals surface area contributed by atoms with Crippen molar-refractivity contribution in [1.82, 2.24) is 14.9 Å². The summed E-state index contributed by atoms with van der Waals surface area (Å²) in [5.74, 6) is 0.655. The maximum absolute atomic E-state index is 9.05. The second kappa shape index (κ2) is 9.09. The minimum absolute atomic E-state index is 0.349. The highest BCUT2D eigenvalue weighted by Gasteiger charge is 2.29. The van der Waals surface area contributed by atoms with Crippen LogP contribution in [-0.2, 0) is 4.74 Å². The molecule has 0 spiro atoms. The molecular weight excluding hydrogens is 364 g/mol. The second-order valence-electron chi connectivity index (χ2n) is 6.59. The molecule has 1 fully saturated rings. The Hall–Kier alpha value is -2.27. The summed E-state index contributed by atoms with van der Waals surface area (Å²) < 4.78 is 5.28. The number of hydrazine groups is 1. The Morgan fingerprint density at radius 1 is 1.33 bits per heavy atom. The van der Waals surface area contributed by atoms with Crippen molar-refractivity contribution >= 4 is 23.6 Å². The smallest absolute Gasteiger partial charge is 0.178 e. The van der Waals surface area contributed by atoms with Gasteiger partial charge in [0.05, 0.1) is 24.9 Å². The Kier molecular flexibility index (Phi) is 6.56. The van der Waals surface area contributed by atoms with Gasteiger partial charge in [-0.3, -0.25) is 9.91 Å². The summed E-state index contributed by atoms with van der Waals surface area (Å²) in [4.78, 5) is 8.84. The van der Waals surface area contributed by atoms with Crippen LogP contribution >= 0.6 is 11.6 Å². The number of likely N-dealkylation sites (N-methyl/N-ethyl adjacent to an activating group) is 1. The van der Waals surface area contributed by atoms with Crippen LogP contribution in [-0.4, -0.2) is 80.2 Å². The van der Waals surface area contributed by atoms with Crippen molar-refractivity contribution in [3.8, 4) is 6.07 Å². The van der Waals surface area contributed by atoms with Crippen LogP contribution in [0, 0.1) is 11.3 Å². The first kappa shape index (κ1) is 19.5. The van der Waals surface area contributed by atoms with Crippen molar-refractivity contribution in [2.45, 2.75) is 5.50 Å². The lowest BCUT2D eigenvalue weighted by molar-refractivity contribution is -0.0114. The Labute approximate surface area is 165 Å². The molecule has 144 valence electrons. The van der Waals surface area contributed by atoms with E-state index in [1.165, 1.54) is 0 Å². The number of piperazine rings is 1. The monoisotopic (exact) mass is 388 g/mol. The van der Waals surface area contributed by atoms with Crippen LogP contribution in [0.3, 0.4) is 0 Å². The fourth-order valence-electron chi connectivity index (χ4n) is 3.22. The largest absolute Gasteiger partial charge is 0.496 e. The van der Waals surface area contributed by atoms with Gasteiger partial charge in [-0.15, -0.1) is 0 Å². The molecular formula is C19H25ClN6O. The van der Waals surface area contributed by atoms with Crippen molar-refractivity contribution in [3.05, 3.63) is 41.8 Å². The maximum Gasteiger partial charge on any atom is 0.178 e. The van der Waals surface area contributed by atoms with Crippen molar-refractivity contribution in [2.24, 2.45) is 4.99 Å². The van der Waals surface area contributed by atoms with E-state index >= 15 is 0 Å². The molecule has 0 aliphatic carbocycles. The van der Waals surface area contributed by atoms with E-state index in [0.717, 1.165) is 45.0 Å². The number of hydrogen-bond acceptors (Lipinski definition) is 7. The van der Waals surface area contributed by atoms with Crippen molar-refractivity contribution in [1.29, 1.82) is 5.26 Å². The quantitative estimate of drug-likeness (QED) is 0.548. The van der Waals surface area contributed by atoms with Crippen molar-refractivity contribution in [3.63, 3.8) is 0 Å². The predicted octanol–water partition coefficient (Wildman–Crippen LogP) is 1.92. The van der Waals surface area contributed by atoms with Gasteiger partial charge in [-0.2, -0.15) is 5.26 Å². The lowest BCUT2D eigenvalue weighted by Gasteiger charge is -2.43. The molecule has 7 nitrogen and oxygen atoms in total. The number of halogens is 1. The number of hydrogen-bond donors (Lipinski definition) is 0. The minimum Gasteiger partial charge on any atom is -0.496 e. The molecule has 2 aliphatic rings. The molecule has 0 bridgehead atoms. The molecule has 1 unspecified atom stereocenters. The van der Waals surface area contributed by atoms with Crippen LogP contribution in [0.4, 0.5) is 5.69 Å². The standard InChI is InChI=1S/C19H25ClN6O/c1-23(17-5-3-4-16(12-17)13-21)6-7-24-8-10-25(11-9-24)26-15-22-14-18(27-2)19(26)20/h3-5,12,14-15,19H,6-11H2,1-2H3. The fourth-order valence-corrected chi connectivity index (χ4v) is 3.54. The number of alkyl halides is 1. The van der Waals surface area contributed by atoms with Crippen molar-refractivity contribution in [2.75, 3.05) is 58.3 Å². The first-order valence-electron chi connectivity index (χ1n) is 9.00. The number of anilines is 1. The summed E-state index contributed by atoms with van der Waals surface area (Å²) in [6.45, 7) is 5.59. The van der Waals surface area contributed by atoms with Gasteiger partial charge in [0.25, 0.3) is 0 Å². The normalized spacial score (nSPS) is 20.9. The number of nitrogens with zero attached hydrogens (tertiary/aromatic N) is 6. The second-order valence-corrected chi connectivity index (χ2v) is 7.01. The summed E-state index contributed by atoms with van der Waals surface area (Å²) in [7, 11) is 3.68. The number of methoxy groups -OCH3 is 1. The Balaban J connectivity index is 1.46. The number of rotatable bonds is 6. The molecule has 0 radical (unpaired) electrons. The van der Waals surface area contributed by atoms with Gasteiger partial charge in [0.1, 0.15) is 6.34 Å². The molecule has 1 aromatic rings. The highest BCUT2D eigenvalue weighted by atomic mass is 35.5. The molecule has 8 heteroatoms. The van der Waals surface area contributed by atoms with Gasteiger partial charge in [0, 0.05) is 52.0 Å². The Bertz CT molecular complexity index is 738. The Morgan fingerprint density at radius 3 is 2.81 bits per heavy atom. The molecule has 0 saturated carbocycles. The maximum atomic E-state index is 9.05. The van der Waals surface area contributed by atoms with Crippen LogP contribution in [0.1, 0.15) is 5.56 Å². The topological polar surface area (TPSA) is 58.3 Å². The van der Waals surface area contributed by atoms with Crippen molar-refractivity contribution < 1.29 is 4.74 Å². The third-order valence-corrected chi connectivity index (χ3v) is 5.35. The number of aliphatic imine (C=N–C) groups is 1. The minimum atomic E-state index is -0.349. The van der Waals surface area contributed by atoms with Gasteiger partial charge >= 0.3 is 0 Å². The highest BCUT2D eigenvalue weighted by Crippen LogP contribution is 2.21. The summed E-state index contributed by atoms with van der Waals surface area (Å²) >= 11 is 6.47. The van der Waals surface area contributed by atoms with E-state index in [1.54, 1.807) is 19.6 Å². The molecule has 1 atom stereocenters. The predicted molar refractivity (Wildman–Crippen MR) is 108 cm³/mol. The number of benzene rings is 1. The molecule has 0 amide bonds. The fraction of sp³-hybridized carbons (Fsp3) is 0.474. The summed E-state index contributed by atoms with van der Waals surface area (Å²) in [6.07, 6.45) is 3.41. The van der Waals surface area contributed by atoms with E-state index in [2.05, 4.69) is 32.9 Å². The van der Waals surface area contributed by atoms with Gasteiger partial charge in [-0.05, 0) is 18.2 Å². The SMILES string of the molecule is COC1=CN=CN(N2CCN(CCN(C)c3cccc(C#N)c3)CC2)C1Cl. The van der Waals surface area contributed by atoms with Crippen LogP contribution in [0.5, 0.6) is 0 Å².